The molecule has 150 valence electrons. The van der Waals surface area contributed by atoms with Crippen LogP contribution in [0.4, 0.5) is 0 Å². The van der Waals surface area contributed by atoms with Crippen LogP contribution in [-0.4, -0.2) is 0 Å². The number of rotatable bonds is 7. The van der Waals surface area contributed by atoms with E-state index in [1.807, 2.05) is 0 Å². The summed E-state index contributed by atoms with van der Waals surface area (Å²) in [4.78, 5) is 0. The zero-order chi connectivity index (χ0) is 17.9. The van der Waals surface area contributed by atoms with Crippen molar-refractivity contribution < 1.29 is 51.0 Å². The number of hydrogen-bond donors (Lipinski definition) is 0. The van der Waals surface area contributed by atoms with E-state index in [1.165, 1.54) is 35.1 Å². The van der Waals surface area contributed by atoms with Gasteiger partial charge in [0.05, 0.1) is 0 Å². The maximum absolute atomic E-state index is 2.40. The van der Waals surface area contributed by atoms with Gasteiger partial charge >= 0.3 is 26.2 Å². The van der Waals surface area contributed by atoms with Crippen molar-refractivity contribution in [1.29, 1.82) is 0 Å². The Bertz CT molecular complexity index is 757. The minimum absolute atomic E-state index is 0. The Balaban J connectivity index is 0.00000140. The molecular weight excluding hydrogens is 474 g/mol. The minimum atomic E-state index is 0. The second-order valence-corrected chi connectivity index (χ2v) is 7.46. The first-order chi connectivity index (χ1) is 12.8. The van der Waals surface area contributed by atoms with E-state index >= 15 is 0 Å². The Morgan fingerprint density at radius 2 is 1.03 bits per heavy atom. The van der Waals surface area contributed by atoms with Gasteiger partial charge in [-0.2, -0.15) is 12.8 Å². The van der Waals surface area contributed by atoms with Crippen LogP contribution in [0.5, 0.6) is 0 Å². The van der Waals surface area contributed by atoms with E-state index in [-0.39, 0.29) is 51.0 Å². The maximum atomic E-state index is 2.40. The molecule has 0 nitrogen and oxygen atoms in total. The molecule has 2 unspecified atom stereocenters. The van der Waals surface area contributed by atoms with Crippen molar-refractivity contribution in [2.45, 2.75) is 51.4 Å². The van der Waals surface area contributed by atoms with E-state index < -0.39 is 0 Å². The van der Waals surface area contributed by atoms with Crippen LogP contribution >= 0.6 is 0 Å². The molecule has 2 aliphatic carbocycles. The molecule has 0 radical (unpaired) electrons. The van der Waals surface area contributed by atoms with E-state index in [0.717, 1.165) is 12.8 Å². The fourth-order valence-corrected chi connectivity index (χ4v) is 4.64. The van der Waals surface area contributed by atoms with E-state index in [1.54, 1.807) is 11.8 Å². The Hall–Kier alpha value is -0.617. The van der Waals surface area contributed by atoms with Crippen molar-refractivity contribution >= 4 is 12.2 Å². The molecule has 0 fully saturated rings. The Labute approximate surface area is 208 Å². The molecular formula is C26H28Cl2Zr. The maximum Gasteiger partial charge on any atom is 4.00 e. The molecule has 29 heavy (non-hydrogen) atoms. The fourth-order valence-electron chi connectivity index (χ4n) is 4.64. The summed E-state index contributed by atoms with van der Waals surface area (Å²) in [7, 11) is 0. The van der Waals surface area contributed by atoms with Crippen LogP contribution in [0.2, 0.25) is 0 Å². The van der Waals surface area contributed by atoms with E-state index in [2.05, 4.69) is 86.7 Å². The van der Waals surface area contributed by atoms with Gasteiger partial charge < -0.3 is 36.6 Å². The van der Waals surface area contributed by atoms with E-state index in [9.17, 15) is 0 Å². The van der Waals surface area contributed by atoms with Crippen molar-refractivity contribution in [1.82, 2.24) is 0 Å². The Morgan fingerprint density at radius 3 is 1.41 bits per heavy atom. The molecule has 0 saturated heterocycles. The summed E-state index contributed by atoms with van der Waals surface area (Å²) in [5, 5.41) is 0. The molecule has 2 atom stereocenters. The number of hydrogen-bond acceptors (Lipinski definition) is 0. The van der Waals surface area contributed by atoms with Crippen LogP contribution < -0.4 is 24.8 Å². The average Bonchev–Trinajstić information content (AvgIpc) is 3.30. The van der Waals surface area contributed by atoms with E-state index in [0.29, 0.717) is 11.8 Å². The second kappa shape index (κ2) is 12.3. The first-order valence-corrected chi connectivity index (χ1v) is 10.0. The van der Waals surface area contributed by atoms with Gasteiger partial charge in [0.2, 0.25) is 0 Å². The zero-order valence-corrected chi connectivity index (χ0v) is 21.1. The molecule has 2 aromatic rings. The Morgan fingerprint density at radius 1 is 0.655 bits per heavy atom. The molecule has 0 amide bonds. The zero-order valence-electron chi connectivity index (χ0n) is 17.2. The van der Waals surface area contributed by atoms with Crippen LogP contribution in [0.25, 0.3) is 12.2 Å². The van der Waals surface area contributed by atoms with Crippen molar-refractivity contribution in [3.8, 4) is 0 Å². The first kappa shape index (κ1) is 26.4. The SMILES string of the molecule is CC[C-](CC[C-](CC)C1C=Cc2ccccc21)C1C=Cc2ccccc21.[Cl-].[Cl-].[Zr+4]. The van der Waals surface area contributed by atoms with Crippen LogP contribution in [0, 0.1) is 11.8 Å². The summed E-state index contributed by atoms with van der Waals surface area (Å²) < 4.78 is 0. The quantitative estimate of drug-likeness (QED) is 0.502. The molecule has 0 saturated carbocycles. The second-order valence-electron chi connectivity index (χ2n) is 7.46. The summed E-state index contributed by atoms with van der Waals surface area (Å²) in [6.07, 6.45) is 14.1. The summed E-state index contributed by atoms with van der Waals surface area (Å²) in [6, 6.07) is 17.7. The van der Waals surface area contributed by atoms with Gasteiger partial charge in [-0.15, -0.1) is 24.0 Å². The van der Waals surface area contributed by atoms with Crippen molar-refractivity contribution in [3.63, 3.8) is 0 Å². The third kappa shape index (κ3) is 5.55. The minimum Gasteiger partial charge on any atom is -1.00 e. The normalized spacial score (nSPS) is 18.1. The molecule has 3 heteroatoms. The van der Waals surface area contributed by atoms with Crippen LogP contribution in [0.15, 0.2) is 60.7 Å². The van der Waals surface area contributed by atoms with Gasteiger partial charge in [0.25, 0.3) is 0 Å². The molecule has 0 heterocycles. The van der Waals surface area contributed by atoms with Gasteiger partial charge in [0.15, 0.2) is 0 Å². The Kier molecular flexibility index (Phi) is 11.2. The van der Waals surface area contributed by atoms with Gasteiger partial charge in [-0.25, -0.2) is 12.8 Å². The predicted molar refractivity (Wildman–Crippen MR) is 113 cm³/mol. The predicted octanol–water partition coefficient (Wildman–Crippen LogP) is 1.36. The smallest absolute Gasteiger partial charge is 1.00 e. The summed E-state index contributed by atoms with van der Waals surface area (Å²) in [6.45, 7) is 4.64. The van der Waals surface area contributed by atoms with Gasteiger partial charge in [-0.3, -0.25) is 0 Å². The summed E-state index contributed by atoms with van der Waals surface area (Å²) >= 11 is 0. The molecule has 2 aliphatic rings. The van der Waals surface area contributed by atoms with Crippen molar-refractivity contribution in [2.24, 2.45) is 0 Å². The number of halogens is 2. The average molecular weight is 503 g/mol. The monoisotopic (exact) mass is 500 g/mol. The van der Waals surface area contributed by atoms with Gasteiger partial charge in [-0.05, 0) is 11.1 Å². The third-order valence-corrected chi connectivity index (χ3v) is 6.15. The van der Waals surface area contributed by atoms with Crippen LogP contribution in [0.3, 0.4) is 0 Å². The number of allylic oxidation sites excluding steroid dienone is 2. The molecule has 2 aromatic carbocycles. The van der Waals surface area contributed by atoms with Crippen molar-refractivity contribution in [3.05, 3.63) is 94.8 Å². The summed E-state index contributed by atoms with van der Waals surface area (Å²) in [5.74, 6) is 4.38. The standard InChI is InChI=1S/C26H28.2ClH.Zr/c1-3-19(25-17-15-21-9-5-7-11-23(21)25)13-14-20(4-2)26-18-16-22-10-6-8-12-24(22)26;;;/h5-12,15-18,25-26H,3-4,13-14H2,1-2H3;2*1H;/q-2;;;+4/p-2. The van der Waals surface area contributed by atoms with Gasteiger partial charge in [0, 0.05) is 0 Å². The van der Waals surface area contributed by atoms with Crippen LogP contribution in [-0.2, 0) is 26.2 Å². The molecule has 0 aromatic heterocycles. The largest absolute Gasteiger partial charge is 4.00 e. The van der Waals surface area contributed by atoms with E-state index in [4.69, 9.17) is 0 Å². The molecule has 0 N–H and O–H groups in total. The first-order valence-electron chi connectivity index (χ1n) is 10.0. The molecule has 0 aliphatic heterocycles. The summed E-state index contributed by atoms with van der Waals surface area (Å²) in [5.41, 5.74) is 5.79. The molecule has 0 bridgehead atoms. The van der Waals surface area contributed by atoms with Crippen molar-refractivity contribution in [2.75, 3.05) is 0 Å². The van der Waals surface area contributed by atoms with Gasteiger partial charge in [-0.1, -0.05) is 85.7 Å². The number of benzene rings is 2. The molecule has 4 rings (SSSR count). The topological polar surface area (TPSA) is 0 Å². The molecule has 0 spiro atoms. The fraction of sp³-hybridized carbons (Fsp3) is 0.308. The number of fused-ring (bicyclic) bond motifs is 2. The van der Waals surface area contributed by atoms with Gasteiger partial charge in [0.1, 0.15) is 0 Å². The third-order valence-electron chi connectivity index (χ3n) is 6.15. The van der Waals surface area contributed by atoms with Crippen LogP contribution in [0.1, 0.15) is 73.6 Å².